The molecule has 1 aliphatic heterocycles. The number of allylic oxidation sites excluding steroid dienone is 1. The Labute approximate surface area is 212 Å². The number of benzene rings is 1. The molecular weight excluding hydrogens is 484 g/mol. The van der Waals surface area contributed by atoms with Crippen molar-refractivity contribution in [3.05, 3.63) is 57.8 Å². The second-order valence-electron chi connectivity index (χ2n) is 9.83. The third-order valence-corrected chi connectivity index (χ3v) is 6.96. The number of carbonyl (C=O) groups excluding carboxylic acids is 2. The maximum absolute atomic E-state index is 13.2. The highest BCUT2D eigenvalue weighted by molar-refractivity contribution is 7.14. The molecule has 0 aliphatic carbocycles. The highest BCUT2D eigenvalue weighted by atomic mass is 32.1. The molecule has 7 nitrogen and oxygen atoms in total. The summed E-state index contributed by atoms with van der Waals surface area (Å²) >= 11 is 0.742. The van der Waals surface area contributed by atoms with Crippen LogP contribution in [0.1, 0.15) is 60.6 Å². The van der Waals surface area contributed by atoms with Crippen LogP contribution in [-0.4, -0.2) is 39.4 Å². The summed E-state index contributed by atoms with van der Waals surface area (Å²) in [6.45, 7) is 6.67. The third-order valence-electron chi connectivity index (χ3n) is 5.86. The Morgan fingerprint density at radius 3 is 2.67 bits per heavy atom. The summed E-state index contributed by atoms with van der Waals surface area (Å²) in [6, 6.07) is 11.9. The second-order valence-corrected chi connectivity index (χ2v) is 10.9. The van der Waals surface area contributed by atoms with Crippen LogP contribution < -0.4 is 5.32 Å². The Morgan fingerprint density at radius 1 is 1.25 bits per heavy atom. The fourth-order valence-corrected chi connectivity index (χ4v) is 5.11. The second kappa shape index (κ2) is 10.2. The van der Waals surface area contributed by atoms with Crippen molar-refractivity contribution in [3.8, 4) is 6.07 Å². The number of anilines is 1. The van der Waals surface area contributed by atoms with E-state index in [-0.39, 0.29) is 32.7 Å². The molecule has 188 valence electrons. The molecule has 1 aliphatic rings. The van der Waals surface area contributed by atoms with Crippen LogP contribution in [0.5, 0.6) is 0 Å². The Bertz CT molecular complexity index is 1360. The lowest BCUT2D eigenvalue weighted by Crippen LogP contribution is -2.41. The van der Waals surface area contributed by atoms with Gasteiger partial charge in [0, 0.05) is 13.1 Å². The number of rotatable bonds is 5. The van der Waals surface area contributed by atoms with E-state index < -0.39 is 12.3 Å². The van der Waals surface area contributed by atoms with Crippen LogP contribution in [0, 0.1) is 16.7 Å². The molecule has 1 aromatic carbocycles. The molecule has 0 radical (unpaired) electrons. The predicted octanol–water partition coefficient (Wildman–Crippen LogP) is 5.95. The number of fused-ring (bicyclic) bond motifs is 1. The number of imidazole rings is 1. The summed E-state index contributed by atoms with van der Waals surface area (Å²) in [5.41, 5.74) is 1.25. The van der Waals surface area contributed by atoms with Crippen molar-refractivity contribution >= 4 is 40.1 Å². The molecule has 2 amide bonds. The molecule has 1 atom stereocenters. The van der Waals surface area contributed by atoms with E-state index in [1.165, 1.54) is 12.1 Å². The number of aromatic nitrogens is 2. The van der Waals surface area contributed by atoms with Gasteiger partial charge in [0.15, 0.2) is 0 Å². The van der Waals surface area contributed by atoms with Crippen molar-refractivity contribution < 1.29 is 18.4 Å². The van der Waals surface area contributed by atoms with Crippen LogP contribution in [0.15, 0.2) is 48.0 Å². The van der Waals surface area contributed by atoms with Crippen molar-refractivity contribution in [2.45, 2.75) is 46.1 Å². The number of carbonyl (C=O) groups is 2. The van der Waals surface area contributed by atoms with Gasteiger partial charge >= 0.3 is 0 Å². The monoisotopic (exact) mass is 511 g/mol. The van der Waals surface area contributed by atoms with Crippen LogP contribution in [0.2, 0.25) is 0 Å². The summed E-state index contributed by atoms with van der Waals surface area (Å²) in [6.07, 6.45) is 0.503. The van der Waals surface area contributed by atoms with E-state index in [9.17, 15) is 23.6 Å². The van der Waals surface area contributed by atoms with E-state index in [4.69, 9.17) is 0 Å². The number of halogens is 2. The largest absolute Gasteiger partial charge is 0.336 e. The van der Waals surface area contributed by atoms with Crippen LogP contribution in [-0.2, 0) is 4.79 Å². The molecule has 1 fully saturated rings. The molecule has 4 rings (SSSR count). The molecule has 2 aromatic heterocycles. The molecule has 0 bridgehead atoms. The number of para-hydroxylation sites is 2. The van der Waals surface area contributed by atoms with E-state index in [0.717, 1.165) is 23.3 Å². The summed E-state index contributed by atoms with van der Waals surface area (Å²) in [4.78, 5) is 32.3. The number of nitriles is 1. The van der Waals surface area contributed by atoms with Crippen LogP contribution in [0.4, 0.5) is 14.7 Å². The average Bonchev–Trinajstić information content (AvgIpc) is 3.47. The van der Waals surface area contributed by atoms with Gasteiger partial charge in [0.05, 0.1) is 26.8 Å². The molecule has 1 N–H and O–H groups in total. The highest BCUT2D eigenvalue weighted by Crippen LogP contribution is 2.32. The van der Waals surface area contributed by atoms with Gasteiger partial charge in [-0.15, -0.1) is 11.3 Å². The summed E-state index contributed by atoms with van der Waals surface area (Å²) in [5.74, 6) is -0.546. The zero-order valence-corrected chi connectivity index (χ0v) is 21.1. The van der Waals surface area contributed by atoms with Crippen molar-refractivity contribution in [2.75, 3.05) is 18.4 Å². The normalized spacial score (nSPS) is 16.9. The molecular formula is C26H27F2N5O2S. The number of piperidine rings is 1. The lowest BCUT2D eigenvalue weighted by atomic mass is 9.93. The Hall–Kier alpha value is -3.58. The minimum Gasteiger partial charge on any atom is -0.336 e. The topological polar surface area (TPSA) is 91.0 Å². The molecule has 3 aromatic rings. The van der Waals surface area contributed by atoms with Gasteiger partial charge in [-0.3, -0.25) is 14.9 Å². The van der Waals surface area contributed by atoms with E-state index in [2.05, 4.69) is 10.3 Å². The van der Waals surface area contributed by atoms with Gasteiger partial charge in [-0.25, -0.2) is 13.8 Å². The van der Waals surface area contributed by atoms with Gasteiger partial charge in [0.1, 0.15) is 11.6 Å². The molecule has 0 unspecified atom stereocenters. The fourth-order valence-electron chi connectivity index (χ4n) is 4.35. The number of nitrogens with one attached hydrogen (secondary N) is 1. The maximum Gasteiger partial charge on any atom is 0.272 e. The minimum absolute atomic E-state index is 0.111. The van der Waals surface area contributed by atoms with Gasteiger partial charge < -0.3 is 9.47 Å². The summed E-state index contributed by atoms with van der Waals surface area (Å²) in [7, 11) is 0. The predicted molar refractivity (Wildman–Crippen MR) is 135 cm³/mol. The molecule has 1 saturated heterocycles. The van der Waals surface area contributed by atoms with Crippen molar-refractivity contribution in [2.24, 2.45) is 5.41 Å². The standard InChI is InChI=1S/C26H27F2N5O2S/c1-26(2,3)13-16(14-29)24(35)32-12-6-7-17(15-32)33-19-9-5-4-8-18(19)30-25(33)31-23(34)21-11-10-20(36-21)22(27)28/h4-5,8-11,13,17,22H,6-7,12,15H2,1-3H3,(H,30,31,34)/b16-13+/t17-/m0/s1. The summed E-state index contributed by atoms with van der Waals surface area (Å²) < 4.78 is 27.9. The van der Waals surface area contributed by atoms with Gasteiger partial charge in [-0.1, -0.05) is 39.0 Å². The van der Waals surface area contributed by atoms with Gasteiger partial charge in [-0.05, 0) is 42.5 Å². The first kappa shape index (κ1) is 25.5. The molecule has 0 saturated carbocycles. The van der Waals surface area contributed by atoms with E-state index in [1.807, 2.05) is 55.7 Å². The first-order valence-electron chi connectivity index (χ1n) is 11.7. The molecule has 3 heterocycles. The van der Waals surface area contributed by atoms with Crippen molar-refractivity contribution in [1.29, 1.82) is 5.26 Å². The maximum atomic E-state index is 13.2. The lowest BCUT2D eigenvalue weighted by molar-refractivity contribution is -0.128. The fraction of sp³-hybridized carbons (Fsp3) is 0.385. The Morgan fingerprint density at radius 2 is 2.00 bits per heavy atom. The lowest BCUT2D eigenvalue weighted by Gasteiger charge is -2.34. The van der Waals surface area contributed by atoms with Crippen molar-refractivity contribution in [3.63, 3.8) is 0 Å². The van der Waals surface area contributed by atoms with Crippen LogP contribution >= 0.6 is 11.3 Å². The Kier molecular flexibility index (Phi) is 7.22. The van der Waals surface area contributed by atoms with E-state index in [1.54, 1.807) is 11.0 Å². The van der Waals surface area contributed by atoms with Gasteiger partial charge in [0.2, 0.25) is 5.95 Å². The molecule has 0 spiro atoms. The van der Waals surface area contributed by atoms with E-state index in [0.29, 0.717) is 31.0 Å². The minimum atomic E-state index is -2.64. The zero-order chi connectivity index (χ0) is 26.0. The van der Waals surface area contributed by atoms with Crippen LogP contribution in [0.3, 0.4) is 0 Å². The SMILES string of the molecule is CC(C)(C)/C=C(\C#N)C(=O)N1CCC[C@H](n2c(NC(=O)c3ccc(C(F)F)s3)nc3ccccc32)C1. The van der Waals surface area contributed by atoms with E-state index >= 15 is 0 Å². The number of alkyl halides is 2. The molecule has 10 heteroatoms. The number of nitrogens with zero attached hydrogens (tertiary/aromatic N) is 4. The number of hydrogen-bond acceptors (Lipinski definition) is 5. The smallest absolute Gasteiger partial charge is 0.272 e. The Balaban J connectivity index is 1.64. The quantitative estimate of drug-likeness (QED) is 0.339. The zero-order valence-electron chi connectivity index (χ0n) is 20.3. The molecule has 36 heavy (non-hydrogen) atoms. The van der Waals surface area contributed by atoms with Gasteiger partial charge in [-0.2, -0.15) is 5.26 Å². The third kappa shape index (κ3) is 5.46. The first-order valence-corrected chi connectivity index (χ1v) is 12.5. The van der Waals surface area contributed by atoms with Crippen LogP contribution in [0.25, 0.3) is 11.0 Å². The highest BCUT2D eigenvalue weighted by Gasteiger charge is 2.30. The average molecular weight is 512 g/mol. The number of likely N-dealkylation sites (tertiary alicyclic amines) is 1. The van der Waals surface area contributed by atoms with Crippen molar-refractivity contribution in [1.82, 2.24) is 14.5 Å². The summed E-state index contributed by atoms with van der Waals surface area (Å²) in [5, 5.41) is 12.4. The number of thiophene rings is 1. The first-order chi connectivity index (χ1) is 17.1. The number of amides is 2. The van der Waals surface area contributed by atoms with Gasteiger partial charge in [0.25, 0.3) is 18.2 Å². The number of hydrogen-bond donors (Lipinski definition) is 1.